The number of likely N-dealkylation sites (tertiary alicyclic amines) is 1. The standard InChI is InChI=1S/C11H15N3O2/c1-13-9(4-5-12-13)10(15)14-6-11(16,7-14)8-2-3-8/h4-5,8,16H,2-3,6-7H2,1H3. The largest absolute Gasteiger partial charge is 0.386 e. The van der Waals surface area contributed by atoms with Crippen molar-refractivity contribution >= 4 is 5.91 Å². The van der Waals surface area contributed by atoms with E-state index in [4.69, 9.17) is 0 Å². The van der Waals surface area contributed by atoms with Crippen molar-refractivity contribution in [1.82, 2.24) is 14.7 Å². The highest BCUT2D eigenvalue weighted by molar-refractivity contribution is 5.93. The van der Waals surface area contributed by atoms with E-state index in [2.05, 4.69) is 5.10 Å². The molecular weight excluding hydrogens is 206 g/mol. The first kappa shape index (κ1) is 9.84. The van der Waals surface area contributed by atoms with E-state index in [-0.39, 0.29) is 5.91 Å². The summed E-state index contributed by atoms with van der Waals surface area (Å²) in [7, 11) is 1.75. The molecule has 0 radical (unpaired) electrons. The Morgan fingerprint density at radius 3 is 2.75 bits per heavy atom. The number of carbonyl (C=O) groups is 1. The summed E-state index contributed by atoms with van der Waals surface area (Å²) in [6.07, 6.45) is 3.81. The van der Waals surface area contributed by atoms with Crippen molar-refractivity contribution in [2.75, 3.05) is 13.1 Å². The Hall–Kier alpha value is -1.36. The highest BCUT2D eigenvalue weighted by atomic mass is 16.3. The predicted octanol–water partition coefficient (Wildman–Crippen LogP) is 0.0170. The lowest BCUT2D eigenvalue weighted by molar-refractivity contribution is -0.0960. The minimum atomic E-state index is -0.603. The van der Waals surface area contributed by atoms with Gasteiger partial charge >= 0.3 is 0 Å². The molecule has 3 rings (SSSR count). The SMILES string of the molecule is Cn1nccc1C(=O)N1CC(O)(C2CC2)C1. The van der Waals surface area contributed by atoms with E-state index >= 15 is 0 Å². The molecule has 5 heteroatoms. The molecule has 2 aliphatic rings. The molecule has 16 heavy (non-hydrogen) atoms. The van der Waals surface area contributed by atoms with Crippen LogP contribution in [0.4, 0.5) is 0 Å². The number of aromatic nitrogens is 2. The maximum Gasteiger partial charge on any atom is 0.272 e. The van der Waals surface area contributed by atoms with Gasteiger partial charge in [-0.2, -0.15) is 5.10 Å². The summed E-state index contributed by atoms with van der Waals surface area (Å²) in [6.45, 7) is 0.948. The smallest absolute Gasteiger partial charge is 0.272 e. The minimum absolute atomic E-state index is 0.0367. The Balaban J connectivity index is 1.68. The Bertz CT molecular complexity index is 430. The second kappa shape index (κ2) is 3.07. The number of amides is 1. The van der Waals surface area contributed by atoms with Crippen molar-refractivity contribution < 1.29 is 9.90 Å². The number of aliphatic hydroxyl groups is 1. The zero-order valence-corrected chi connectivity index (χ0v) is 9.26. The summed E-state index contributed by atoms with van der Waals surface area (Å²) < 4.78 is 1.57. The van der Waals surface area contributed by atoms with Gasteiger partial charge in [0.05, 0.1) is 13.1 Å². The molecule has 0 unspecified atom stereocenters. The quantitative estimate of drug-likeness (QED) is 0.765. The Kier molecular flexibility index (Phi) is 1.89. The topological polar surface area (TPSA) is 58.4 Å². The molecule has 0 spiro atoms. The molecule has 2 heterocycles. The van der Waals surface area contributed by atoms with Gasteiger partial charge in [-0.3, -0.25) is 9.48 Å². The van der Waals surface area contributed by atoms with Crippen LogP contribution in [0.25, 0.3) is 0 Å². The number of hydrogen-bond donors (Lipinski definition) is 1. The van der Waals surface area contributed by atoms with Crippen molar-refractivity contribution in [3.8, 4) is 0 Å². The molecule has 0 bridgehead atoms. The molecule has 0 atom stereocenters. The second-order valence-electron chi connectivity index (χ2n) is 4.88. The van der Waals surface area contributed by atoms with Crippen LogP contribution < -0.4 is 0 Å². The molecule has 1 aliphatic heterocycles. The number of rotatable bonds is 2. The van der Waals surface area contributed by atoms with Crippen LogP contribution in [0.1, 0.15) is 23.3 Å². The maximum absolute atomic E-state index is 12.0. The molecule has 86 valence electrons. The van der Waals surface area contributed by atoms with Crippen molar-refractivity contribution in [1.29, 1.82) is 0 Å². The second-order valence-corrected chi connectivity index (χ2v) is 4.88. The summed E-state index contributed by atoms with van der Waals surface area (Å²) in [5, 5.41) is 14.1. The van der Waals surface area contributed by atoms with Gasteiger partial charge in [0.15, 0.2) is 0 Å². The van der Waals surface area contributed by atoms with Crippen molar-refractivity contribution in [3.05, 3.63) is 18.0 Å². The van der Waals surface area contributed by atoms with Crippen LogP contribution in [0.3, 0.4) is 0 Å². The Labute approximate surface area is 93.7 Å². The van der Waals surface area contributed by atoms with Gasteiger partial charge in [0.1, 0.15) is 11.3 Å². The summed E-state index contributed by atoms with van der Waals surface area (Å²) in [4.78, 5) is 13.7. The monoisotopic (exact) mass is 221 g/mol. The van der Waals surface area contributed by atoms with E-state index in [0.717, 1.165) is 12.8 Å². The molecular formula is C11H15N3O2. The molecule has 1 saturated carbocycles. The van der Waals surface area contributed by atoms with Crippen molar-refractivity contribution in [3.63, 3.8) is 0 Å². The van der Waals surface area contributed by atoms with E-state index in [1.54, 1.807) is 28.9 Å². The van der Waals surface area contributed by atoms with Gasteiger partial charge in [-0.1, -0.05) is 0 Å². The van der Waals surface area contributed by atoms with Gasteiger partial charge in [0, 0.05) is 13.2 Å². The van der Waals surface area contributed by atoms with Gasteiger partial charge < -0.3 is 10.0 Å². The third-order valence-electron chi connectivity index (χ3n) is 3.59. The number of hydrogen-bond acceptors (Lipinski definition) is 3. The van der Waals surface area contributed by atoms with E-state index in [1.165, 1.54) is 0 Å². The van der Waals surface area contributed by atoms with E-state index in [1.807, 2.05) is 0 Å². The van der Waals surface area contributed by atoms with E-state index < -0.39 is 5.60 Å². The minimum Gasteiger partial charge on any atom is -0.386 e. The van der Waals surface area contributed by atoms with Crippen LogP contribution in [0.2, 0.25) is 0 Å². The van der Waals surface area contributed by atoms with E-state index in [9.17, 15) is 9.90 Å². The third kappa shape index (κ3) is 1.35. The Morgan fingerprint density at radius 2 is 2.25 bits per heavy atom. The number of nitrogens with zero attached hydrogens (tertiary/aromatic N) is 3. The Morgan fingerprint density at radius 1 is 1.56 bits per heavy atom. The first-order chi connectivity index (χ1) is 7.60. The fraction of sp³-hybridized carbons (Fsp3) is 0.636. The van der Waals surface area contributed by atoms with E-state index in [0.29, 0.717) is 24.7 Å². The molecule has 5 nitrogen and oxygen atoms in total. The fourth-order valence-electron chi connectivity index (χ4n) is 2.38. The molecule has 1 aliphatic carbocycles. The highest BCUT2D eigenvalue weighted by Crippen LogP contribution is 2.44. The molecule has 1 aromatic heterocycles. The zero-order chi connectivity index (χ0) is 11.3. The highest BCUT2D eigenvalue weighted by Gasteiger charge is 2.53. The van der Waals surface area contributed by atoms with Crippen molar-refractivity contribution in [2.24, 2.45) is 13.0 Å². The first-order valence-corrected chi connectivity index (χ1v) is 5.60. The number of β-amino-alcohol motifs (C(OH)–C–C–N with tert-alkyl or cyclic N) is 1. The predicted molar refractivity (Wildman–Crippen MR) is 56.8 cm³/mol. The van der Waals surface area contributed by atoms with Gasteiger partial charge in [-0.25, -0.2) is 0 Å². The fourth-order valence-corrected chi connectivity index (χ4v) is 2.38. The molecule has 1 saturated heterocycles. The van der Waals surface area contributed by atoms with Crippen molar-refractivity contribution in [2.45, 2.75) is 18.4 Å². The molecule has 1 aromatic rings. The van der Waals surface area contributed by atoms with Crippen LogP contribution >= 0.6 is 0 Å². The molecule has 2 fully saturated rings. The van der Waals surface area contributed by atoms with Crippen LogP contribution in [-0.2, 0) is 7.05 Å². The van der Waals surface area contributed by atoms with Crippen LogP contribution in [0, 0.1) is 5.92 Å². The first-order valence-electron chi connectivity index (χ1n) is 5.60. The molecule has 1 amide bonds. The average Bonchev–Trinajstić information content (AvgIpc) is 2.97. The van der Waals surface area contributed by atoms with Crippen LogP contribution in [-0.4, -0.2) is 44.4 Å². The summed E-state index contributed by atoms with van der Waals surface area (Å²) in [5.74, 6) is 0.383. The van der Waals surface area contributed by atoms with Gasteiger partial charge in [0.25, 0.3) is 5.91 Å². The lowest BCUT2D eigenvalue weighted by atomic mass is 9.88. The summed E-state index contributed by atoms with van der Waals surface area (Å²) >= 11 is 0. The van der Waals surface area contributed by atoms with Gasteiger partial charge in [0.2, 0.25) is 0 Å². The normalized spacial score (nSPS) is 23.0. The zero-order valence-electron chi connectivity index (χ0n) is 9.26. The van der Waals surface area contributed by atoms with Gasteiger partial charge in [-0.05, 0) is 24.8 Å². The van der Waals surface area contributed by atoms with Crippen LogP contribution in [0.5, 0.6) is 0 Å². The molecule has 0 aromatic carbocycles. The number of carbonyl (C=O) groups excluding carboxylic acids is 1. The molecule has 1 N–H and O–H groups in total. The summed E-state index contributed by atoms with van der Waals surface area (Å²) in [6, 6.07) is 1.71. The lowest BCUT2D eigenvalue weighted by Crippen LogP contribution is -2.64. The van der Waals surface area contributed by atoms with Crippen LogP contribution in [0.15, 0.2) is 12.3 Å². The summed E-state index contributed by atoms with van der Waals surface area (Å²) in [5.41, 5.74) is -0.0216. The van der Waals surface area contributed by atoms with Gasteiger partial charge in [-0.15, -0.1) is 0 Å². The lowest BCUT2D eigenvalue weighted by Gasteiger charge is -2.46. The maximum atomic E-state index is 12.0. The average molecular weight is 221 g/mol. The third-order valence-corrected chi connectivity index (χ3v) is 3.59. The number of aryl methyl sites for hydroxylation is 1.